The number of aryl methyl sites for hydroxylation is 1. The fraction of sp³-hybridized carbons (Fsp3) is 0.174. The number of ether oxygens (including phenoxy) is 3. The number of rotatable bonds is 8. The molecule has 3 aromatic rings. The first-order valence-corrected chi connectivity index (χ1v) is 10.1. The molecule has 0 saturated carbocycles. The monoisotopic (exact) mass is 473 g/mol. The molecule has 0 fully saturated rings. The molecule has 0 aliphatic rings. The summed E-state index contributed by atoms with van der Waals surface area (Å²) in [6.07, 6.45) is 2.58. The van der Waals surface area contributed by atoms with Crippen LogP contribution in [0.25, 0.3) is 11.8 Å². The van der Waals surface area contributed by atoms with Crippen LogP contribution in [0.3, 0.4) is 0 Å². The summed E-state index contributed by atoms with van der Waals surface area (Å²) in [4.78, 5) is 24.3. The molecule has 0 radical (unpaired) electrons. The molecular formula is C23H21ClFN3O5. The zero-order valence-electron chi connectivity index (χ0n) is 18.1. The molecule has 0 atom stereocenters. The van der Waals surface area contributed by atoms with Crippen molar-refractivity contribution in [2.24, 2.45) is 0 Å². The van der Waals surface area contributed by atoms with E-state index in [4.69, 9.17) is 25.8 Å². The highest BCUT2D eigenvalue weighted by Crippen LogP contribution is 2.29. The lowest BCUT2D eigenvalue weighted by Crippen LogP contribution is -2.20. The number of benzene rings is 2. The van der Waals surface area contributed by atoms with Crippen molar-refractivity contribution in [3.05, 3.63) is 70.8 Å². The Labute approximate surface area is 194 Å². The van der Waals surface area contributed by atoms with E-state index in [2.05, 4.69) is 10.4 Å². The molecular weight excluding hydrogens is 453 g/mol. The Bertz CT molecular complexity index is 1190. The largest absolute Gasteiger partial charge is 0.497 e. The maximum absolute atomic E-state index is 13.2. The molecule has 3 rings (SSSR count). The van der Waals surface area contributed by atoms with Crippen molar-refractivity contribution >= 4 is 35.2 Å². The van der Waals surface area contributed by atoms with Crippen LogP contribution in [0.4, 0.5) is 10.1 Å². The third-order valence-corrected chi connectivity index (χ3v) is 4.90. The molecule has 2 aromatic carbocycles. The molecule has 0 spiro atoms. The number of carbonyl (C=O) groups is 2. The summed E-state index contributed by atoms with van der Waals surface area (Å²) in [5.41, 5.74) is 1.99. The lowest BCUT2D eigenvalue weighted by Gasteiger charge is -2.11. The summed E-state index contributed by atoms with van der Waals surface area (Å²) >= 11 is 6.38. The third-order valence-electron chi connectivity index (χ3n) is 4.53. The summed E-state index contributed by atoms with van der Waals surface area (Å²) < 4.78 is 29.9. The molecule has 33 heavy (non-hydrogen) atoms. The van der Waals surface area contributed by atoms with Crippen LogP contribution in [0.5, 0.6) is 11.5 Å². The van der Waals surface area contributed by atoms with Crippen molar-refractivity contribution in [3.8, 4) is 17.2 Å². The molecule has 0 saturated heterocycles. The number of hydrogen-bond donors (Lipinski definition) is 1. The van der Waals surface area contributed by atoms with E-state index in [0.717, 1.165) is 6.08 Å². The molecule has 1 amide bonds. The van der Waals surface area contributed by atoms with Crippen molar-refractivity contribution < 1.29 is 28.2 Å². The lowest BCUT2D eigenvalue weighted by atomic mass is 10.2. The Balaban J connectivity index is 1.62. The highest BCUT2D eigenvalue weighted by molar-refractivity contribution is 6.31. The first-order valence-electron chi connectivity index (χ1n) is 9.70. The maximum atomic E-state index is 13.2. The second-order valence-corrected chi connectivity index (χ2v) is 7.09. The topological polar surface area (TPSA) is 91.7 Å². The second kappa shape index (κ2) is 10.6. The summed E-state index contributed by atoms with van der Waals surface area (Å²) in [7, 11) is 2.96. The van der Waals surface area contributed by atoms with Crippen LogP contribution >= 0.6 is 11.6 Å². The predicted octanol–water partition coefficient (Wildman–Crippen LogP) is 4.19. The van der Waals surface area contributed by atoms with Gasteiger partial charge < -0.3 is 19.5 Å². The molecule has 0 unspecified atom stereocenters. The van der Waals surface area contributed by atoms with Gasteiger partial charge in [-0.2, -0.15) is 5.10 Å². The van der Waals surface area contributed by atoms with Gasteiger partial charge in [-0.1, -0.05) is 11.6 Å². The molecule has 10 heteroatoms. The SMILES string of the molecule is COc1ccc(OC)c(NC(=O)COC(=O)C=Cc2c(C)nn(-c3ccc(F)cc3)c2Cl)c1. The van der Waals surface area contributed by atoms with Gasteiger partial charge in [-0.15, -0.1) is 0 Å². The fourth-order valence-electron chi connectivity index (χ4n) is 2.89. The standard InChI is InChI=1S/C23H21ClFN3O5/c1-14-18(23(24)28(27-14)16-6-4-15(25)5-7-16)9-11-22(30)33-13-21(29)26-19-12-17(31-2)8-10-20(19)32-3/h4-12H,13H2,1-3H3,(H,26,29). The van der Waals surface area contributed by atoms with Crippen LogP contribution in [-0.4, -0.2) is 42.5 Å². The van der Waals surface area contributed by atoms with Gasteiger partial charge in [0.15, 0.2) is 6.61 Å². The van der Waals surface area contributed by atoms with Gasteiger partial charge in [-0.25, -0.2) is 13.9 Å². The number of aromatic nitrogens is 2. The summed E-state index contributed by atoms with van der Waals surface area (Å²) in [5.74, 6) is -0.719. The number of nitrogens with one attached hydrogen (secondary N) is 1. The molecule has 1 heterocycles. The van der Waals surface area contributed by atoms with Crippen molar-refractivity contribution in [2.45, 2.75) is 6.92 Å². The molecule has 0 aliphatic heterocycles. The molecule has 0 aliphatic carbocycles. The van der Waals surface area contributed by atoms with Crippen molar-refractivity contribution in [1.82, 2.24) is 9.78 Å². The molecule has 8 nitrogen and oxygen atoms in total. The van der Waals surface area contributed by atoms with E-state index in [1.54, 1.807) is 25.1 Å². The summed E-state index contributed by atoms with van der Waals surface area (Å²) in [6, 6.07) is 10.6. The zero-order chi connectivity index (χ0) is 24.0. The van der Waals surface area contributed by atoms with Gasteiger partial charge in [0.25, 0.3) is 5.91 Å². The second-order valence-electron chi connectivity index (χ2n) is 6.73. The van der Waals surface area contributed by atoms with E-state index in [0.29, 0.717) is 34.1 Å². The van der Waals surface area contributed by atoms with Crippen LogP contribution in [-0.2, 0) is 14.3 Å². The van der Waals surface area contributed by atoms with Gasteiger partial charge in [0, 0.05) is 17.7 Å². The summed E-state index contributed by atoms with van der Waals surface area (Å²) in [5, 5.41) is 7.16. The highest BCUT2D eigenvalue weighted by atomic mass is 35.5. The van der Waals surface area contributed by atoms with Crippen LogP contribution in [0.1, 0.15) is 11.3 Å². The highest BCUT2D eigenvalue weighted by Gasteiger charge is 2.14. The first-order chi connectivity index (χ1) is 15.8. The number of carbonyl (C=O) groups excluding carboxylic acids is 2. The van der Waals surface area contributed by atoms with E-state index in [9.17, 15) is 14.0 Å². The Morgan fingerprint density at radius 1 is 1.15 bits per heavy atom. The number of methoxy groups -OCH3 is 2. The number of anilines is 1. The predicted molar refractivity (Wildman–Crippen MR) is 121 cm³/mol. The van der Waals surface area contributed by atoms with Gasteiger partial charge in [0.05, 0.1) is 31.3 Å². The molecule has 1 aromatic heterocycles. The average molecular weight is 474 g/mol. The van der Waals surface area contributed by atoms with Gasteiger partial charge in [-0.3, -0.25) is 4.79 Å². The van der Waals surface area contributed by atoms with Crippen molar-refractivity contribution in [3.63, 3.8) is 0 Å². The van der Waals surface area contributed by atoms with E-state index in [1.807, 2.05) is 0 Å². The quantitative estimate of drug-likeness (QED) is 0.389. The van der Waals surface area contributed by atoms with Crippen LogP contribution < -0.4 is 14.8 Å². The third kappa shape index (κ3) is 5.89. The minimum atomic E-state index is -0.743. The van der Waals surface area contributed by atoms with Gasteiger partial charge in [0.1, 0.15) is 22.5 Å². The van der Waals surface area contributed by atoms with E-state index in [-0.39, 0.29) is 11.0 Å². The Kier molecular flexibility index (Phi) is 7.68. The number of halogens is 2. The molecule has 172 valence electrons. The van der Waals surface area contributed by atoms with E-state index >= 15 is 0 Å². The Morgan fingerprint density at radius 3 is 2.55 bits per heavy atom. The first kappa shape index (κ1) is 23.8. The smallest absolute Gasteiger partial charge is 0.331 e. The number of amides is 1. The number of nitrogens with zero attached hydrogens (tertiary/aromatic N) is 2. The lowest BCUT2D eigenvalue weighted by molar-refractivity contribution is -0.142. The number of hydrogen-bond acceptors (Lipinski definition) is 6. The Hall–Kier alpha value is -3.85. The fourth-order valence-corrected chi connectivity index (χ4v) is 3.22. The molecule has 0 bridgehead atoms. The van der Waals surface area contributed by atoms with Crippen LogP contribution in [0, 0.1) is 12.7 Å². The van der Waals surface area contributed by atoms with Crippen molar-refractivity contribution in [2.75, 3.05) is 26.1 Å². The minimum absolute atomic E-state index is 0.242. The van der Waals surface area contributed by atoms with E-state index < -0.39 is 18.5 Å². The van der Waals surface area contributed by atoms with Gasteiger partial charge >= 0.3 is 5.97 Å². The van der Waals surface area contributed by atoms with Gasteiger partial charge in [0.2, 0.25) is 0 Å². The van der Waals surface area contributed by atoms with Gasteiger partial charge in [-0.05, 0) is 49.4 Å². The van der Waals surface area contributed by atoms with E-state index in [1.165, 1.54) is 49.2 Å². The molecule has 1 N–H and O–H groups in total. The average Bonchev–Trinajstić information content (AvgIpc) is 3.09. The minimum Gasteiger partial charge on any atom is -0.497 e. The van der Waals surface area contributed by atoms with Crippen molar-refractivity contribution in [1.29, 1.82) is 0 Å². The normalized spacial score (nSPS) is 10.8. The van der Waals surface area contributed by atoms with Crippen LogP contribution in [0.15, 0.2) is 48.5 Å². The zero-order valence-corrected chi connectivity index (χ0v) is 18.9. The summed E-state index contributed by atoms with van der Waals surface area (Å²) in [6.45, 7) is 1.21. The Morgan fingerprint density at radius 2 is 1.88 bits per heavy atom. The number of esters is 1. The van der Waals surface area contributed by atoms with Crippen LogP contribution in [0.2, 0.25) is 5.15 Å². The maximum Gasteiger partial charge on any atom is 0.331 e.